The largest absolute Gasteiger partial charge is 0.366 e. The molecule has 7 heteroatoms. The van der Waals surface area contributed by atoms with Gasteiger partial charge in [-0.05, 0) is 24.3 Å². The van der Waals surface area contributed by atoms with Crippen LogP contribution in [-0.2, 0) is 9.59 Å². The van der Waals surface area contributed by atoms with Crippen LogP contribution >= 0.6 is 11.6 Å². The van der Waals surface area contributed by atoms with E-state index in [1.807, 2.05) is 0 Å². The van der Waals surface area contributed by atoms with Gasteiger partial charge in [0.05, 0.1) is 11.3 Å². The minimum atomic E-state index is -0.692. The van der Waals surface area contributed by atoms with Crippen molar-refractivity contribution >= 4 is 35.0 Å². The van der Waals surface area contributed by atoms with Crippen LogP contribution < -0.4 is 16.4 Å². The number of anilines is 1. The van der Waals surface area contributed by atoms with Gasteiger partial charge in [-0.3, -0.25) is 14.4 Å². The summed E-state index contributed by atoms with van der Waals surface area (Å²) in [6.45, 7) is 3.45. The Hall–Kier alpha value is -2.34. The maximum atomic E-state index is 11.7. The predicted molar refractivity (Wildman–Crippen MR) is 76.4 cm³/mol. The molecular formula is C13H14ClN3O3. The molecule has 0 saturated heterocycles. The second kappa shape index (κ2) is 7.30. The lowest BCUT2D eigenvalue weighted by Crippen LogP contribution is -2.26. The summed E-state index contributed by atoms with van der Waals surface area (Å²) in [6.07, 6.45) is 1.17. The molecule has 1 rings (SSSR count). The van der Waals surface area contributed by atoms with Gasteiger partial charge in [0, 0.05) is 18.0 Å². The summed E-state index contributed by atoms with van der Waals surface area (Å²) in [5.74, 6) is -1.41. The minimum absolute atomic E-state index is 0.0560. The standard InChI is InChI=1S/C13H14ClN3O3/c1-2-11(18)16-6-5-12(19)17-10-4-3-8(14)7-9(10)13(15)20/h2-4,7H,1,5-6H2,(H2,15,20)(H,16,18)(H,17,19). The van der Waals surface area contributed by atoms with Crippen LogP contribution in [0.5, 0.6) is 0 Å². The highest BCUT2D eigenvalue weighted by Crippen LogP contribution is 2.20. The number of halogens is 1. The minimum Gasteiger partial charge on any atom is -0.366 e. The van der Waals surface area contributed by atoms with Gasteiger partial charge < -0.3 is 16.4 Å². The monoisotopic (exact) mass is 295 g/mol. The van der Waals surface area contributed by atoms with E-state index in [2.05, 4.69) is 17.2 Å². The van der Waals surface area contributed by atoms with Crippen LogP contribution in [0.25, 0.3) is 0 Å². The maximum Gasteiger partial charge on any atom is 0.250 e. The first-order valence-corrected chi connectivity index (χ1v) is 6.11. The molecule has 106 valence electrons. The molecule has 0 saturated carbocycles. The molecule has 3 amide bonds. The van der Waals surface area contributed by atoms with Crippen molar-refractivity contribution in [3.63, 3.8) is 0 Å². The van der Waals surface area contributed by atoms with E-state index in [0.717, 1.165) is 6.08 Å². The number of amides is 3. The Labute approximate surface area is 121 Å². The molecule has 0 heterocycles. The number of hydrogen-bond acceptors (Lipinski definition) is 3. The average molecular weight is 296 g/mol. The molecule has 4 N–H and O–H groups in total. The van der Waals surface area contributed by atoms with Crippen molar-refractivity contribution in [2.24, 2.45) is 5.73 Å². The zero-order valence-electron chi connectivity index (χ0n) is 10.6. The van der Waals surface area contributed by atoms with Crippen molar-refractivity contribution in [3.05, 3.63) is 41.4 Å². The molecule has 0 bridgehead atoms. The molecule has 0 atom stereocenters. The van der Waals surface area contributed by atoms with E-state index in [0.29, 0.717) is 5.02 Å². The van der Waals surface area contributed by atoms with E-state index in [-0.39, 0.29) is 36.0 Å². The van der Waals surface area contributed by atoms with Crippen LogP contribution in [0.15, 0.2) is 30.9 Å². The topological polar surface area (TPSA) is 101 Å². The summed E-state index contributed by atoms with van der Waals surface area (Å²) in [5, 5.41) is 5.34. The molecule has 0 aromatic heterocycles. The van der Waals surface area contributed by atoms with Crippen molar-refractivity contribution in [2.45, 2.75) is 6.42 Å². The van der Waals surface area contributed by atoms with Crippen LogP contribution in [0.1, 0.15) is 16.8 Å². The van der Waals surface area contributed by atoms with Gasteiger partial charge in [0.25, 0.3) is 5.91 Å². The number of primary amides is 1. The summed E-state index contributed by atoms with van der Waals surface area (Å²) in [7, 11) is 0. The summed E-state index contributed by atoms with van der Waals surface area (Å²) in [5.41, 5.74) is 5.61. The fourth-order valence-corrected chi connectivity index (χ4v) is 1.59. The van der Waals surface area contributed by atoms with Crippen molar-refractivity contribution < 1.29 is 14.4 Å². The van der Waals surface area contributed by atoms with Crippen LogP contribution in [0.3, 0.4) is 0 Å². The van der Waals surface area contributed by atoms with Crippen molar-refractivity contribution in [3.8, 4) is 0 Å². The number of carbonyl (C=O) groups is 3. The lowest BCUT2D eigenvalue weighted by molar-refractivity contribution is -0.117. The van der Waals surface area contributed by atoms with Crippen LogP contribution in [0.4, 0.5) is 5.69 Å². The number of benzene rings is 1. The first-order chi connectivity index (χ1) is 9.43. The molecule has 0 unspecified atom stereocenters. The highest BCUT2D eigenvalue weighted by molar-refractivity contribution is 6.31. The summed E-state index contributed by atoms with van der Waals surface area (Å²) >= 11 is 5.75. The van der Waals surface area contributed by atoms with Crippen molar-refractivity contribution in [2.75, 3.05) is 11.9 Å². The number of hydrogen-bond donors (Lipinski definition) is 3. The van der Waals surface area contributed by atoms with Gasteiger partial charge in [0.2, 0.25) is 11.8 Å². The Bertz CT molecular complexity index is 558. The molecule has 0 radical (unpaired) electrons. The van der Waals surface area contributed by atoms with Crippen molar-refractivity contribution in [1.29, 1.82) is 0 Å². The third-order valence-electron chi connectivity index (χ3n) is 2.36. The van der Waals surface area contributed by atoms with Crippen molar-refractivity contribution in [1.82, 2.24) is 5.32 Å². The lowest BCUT2D eigenvalue weighted by Gasteiger charge is -2.09. The first-order valence-electron chi connectivity index (χ1n) is 5.73. The molecule has 0 aliphatic heterocycles. The molecule has 0 aliphatic carbocycles. The second-order valence-corrected chi connectivity index (χ2v) is 4.28. The van der Waals surface area contributed by atoms with Gasteiger partial charge in [-0.2, -0.15) is 0 Å². The zero-order chi connectivity index (χ0) is 15.1. The molecular weight excluding hydrogens is 282 g/mol. The van der Waals surface area contributed by atoms with Gasteiger partial charge in [-0.15, -0.1) is 0 Å². The molecule has 6 nitrogen and oxygen atoms in total. The van der Waals surface area contributed by atoms with E-state index in [9.17, 15) is 14.4 Å². The highest BCUT2D eigenvalue weighted by Gasteiger charge is 2.11. The van der Waals surface area contributed by atoms with E-state index < -0.39 is 5.91 Å². The molecule has 0 aliphatic rings. The van der Waals surface area contributed by atoms with Gasteiger partial charge >= 0.3 is 0 Å². The fraction of sp³-hybridized carbons (Fsp3) is 0.154. The number of nitrogens with one attached hydrogen (secondary N) is 2. The van der Waals surface area contributed by atoms with Crippen LogP contribution in [0, 0.1) is 0 Å². The van der Waals surface area contributed by atoms with Gasteiger partial charge in [0.1, 0.15) is 0 Å². The van der Waals surface area contributed by atoms with Gasteiger partial charge in [-0.25, -0.2) is 0 Å². The maximum absolute atomic E-state index is 11.7. The quantitative estimate of drug-likeness (QED) is 0.684. The third-order valence-corrected chi connectivity index (χ3v) is 2.59. The Morgan fingerprint density at radius 3 is 2.65 bits per heavy atom. The Kier molecular flexibility index (Phi) is 5.74. The van der Waals surface area contributed by atoms with Gasteiger partial charge in [0.15, 0.2) is 0 Å². The molecule has 1 aromatic rings. The number of nitrogens with two attached hydrogens (primary N) is 1. The van der Waals surface area contributed by atoms with Crippen LogP contribution in [-0.4, -0.2) is 24.3 Å². The van der Waals surface area contributed by atoms with E-state index in [1.54, 1.807) is 0 Å². The molecule has 20 heavy (non-hydrogen) atoms. The smallest absolute Gasteiger partial charge is 0.250 e. The van der Waals surface area contributed by atoms with E-state index >= 15 is 0 Å². The average Bonchev–Trinajstić information content (AvgIpc) is 2.40. The third kappa shape index (κ3) is 4.74. The number of rotatable bonds is 6. The SMILES string of the molecule is C=CC(=O)NCCC(=O)Nc1ccc(Cl)cc1C(N)=O. The second-order valence-electron chi connectivity index (χ2n) is 3.85. The summed E-state index contributed by atoms with van der Waals surface area (Å²) in [4.78, 5) is 33.8. The summed E-state index contributed by atoms with van der Waals surface area (Å²) < 4.78 is 0. The van der Waals surface area contributed by atoms with E-state index in [4.69, 9.17) is 17.3 Å². The first kappa shape index (κ1) is 15.7. The Morgan fingerprint density at radius 2 is 2.05 bits per heavy atom. The fourth-order valence-electron chi connectivity index (χ4n) is 1.41. The van der Waals surface area contributed by atoms with Gasteiger partial charge in [-0.1, -0.05) is 18.2 Å². The van der Waals surface area contributed by atoms with Crippen LogP contribution in [0.2, 0.25) is 5.02 Å². The predicted octanol–water partition coefficient (Wildman–Crippen LogP) is 1.07. The molecule has 1 aromatic carbocycles. The number of carbonyl (C=O) groups excluding carboxylic acids is 3. The lowest BCUT2D eigenvalue weighted by atomic mass is 10.1. The summed E-state index contributed by atoms with van der Waals surface area (Å²) in [6, 6.07) is 4.39. The van der Waals surface area contributed by atoms with E-state index in [1.165, 1.54) is 18.2 Å². The normalized spacial score (nSPS) is 9.65. The molecule has 0 fully saturated rings. The highest BCUT2D eigenvalue weighted by atomic mass is 35.5. The Balaban J connectivity index is 2.64. The molecule has 0 spiro atoms. The zero-order valence-corrected chi connectivity index (χ0v) is 11.4. The Morgan fingerprint density at radius 1 is 1.35 bits per heavy atom.